The molecule has 0 unspecified atom stereocenters. The fraction of sp³-hybridized carbons (Fsp3) is 0.0909. The molecule has 0 aliphatic carbocycles. The van der Waals surface area contributed by atoms with Gasteiger partial charge in [-0.2, -0.15) is 0 Å². The monoisotopic (exact) mass is 412 g/mol. The van der Waals surface area contributed by atoms with Gasteiger partial charge in [-0.1, -0.05) is 65.2 Å². The maximum Gasteiger partial charge on any atom is 0.257 e. The molecule has 0 aliphatic heterocycles. The molecule has 142 valence electrons. The average Bonchev–Trinajstić information content (AvgIpc) is 2.69. The molecule has 0 aromatic heterocycles. The van der Waals surface area contributed by atoms with E-state index in [4.69, 9.17) is 23.2 Å². The molecule has 28 heavy (non-hydrogen) atoms. The summed E-state index contributed by atoms with van der Waals surface area (Å²) < 4.78 is 0. The third-order valence-electron chi connectivity index (χ3n) is 4.17. The Hall–Kier alpha value is -2.82. The number of para-hydroxylation sites is 1. The number of halogens is 2. The van der Waals surface area contributed by atoms with Gasteiger partial charge in [-0.25, -0.2) is 0 Å². The van der Waals surface area contributed by atoms with Gasteiger partial charge in [-0.3, -0.25) is 9.59 Å². The van der Waals surface area contributed by atoms with Crippen LogP contribution in [0.2, 0.25) is 10.0 Å². The van der Waals surface area contributed by atoms with E-state index in [9.17, 15) is 9.59 Å². The minimum absolute atomic E-state index is 0.240. The van der Waals surface area contributed by atoms with Gasteiger partial charge in [0.2, 0.25) is 0 Å². The Labute approximate surface area is 173 Å². The SMILES string of the molecule is Cc1ccc(CNC(=O)c2ccccc2NC(=O)c2cc(Cl)ccc2Cl)cc1. The van der Waals surface area contributed by atoms with Gasteiger partial charge in [0.1, 0.15) is 0 Å². The molecule has 0 aliphatic rings. The lowest BCUT2D eigenvalue weighted by atomic mass is 10.1. The Balaban J connectivity index is 1.75. The number of carbonyl (C=O) groups is 2. The van der Waals surface area contributed by atoms with Crippen LogP contribution in [0.15, 0.2) is 66.7 Å². The van der Waals surface area contributed by atoms with Crippen LogP contribution in [0.1, 0.15) is 31.8 Å². The third kappa shape index (κ3) is 4.91. The standard InChI is InChI=1S/C22H18Cl2N2O2/c1-14-6-8-15(9-7-14)13-25-21(27)17-4-2-3-5-20(17)26-22(28)18-12-16(23)10-11-19(18)24/h2-12H,13H2,1H3,(H,25,27)(H,26,28). The zero-order valence-corrected chi connectivity index (χ0v) is 16.6. The Morgan fingerprint density at radius 2 is 1.57 bits per heavy atom. The third-order valence-corrected chi connectivity index (χ3v) is 4.73. The number of hydrogen-bond acceptors (Lipinski definition) is 2. The van der Waals surface area contributed by atoms with E-state index in [-0.39, 0.29) is 16.5 Å². The van der Waals surface area contributed by atoms with Crippen LogP contribution >= 0.6 is 23.2 Å². The van der Waals surface area contributed by atoms with Crippen molar-refractivity contribution < 1.29 is 9.59 Å². The van der Waals surface area contributed by atoms with E-state index in [1.807, 2.05) is 31.2 Å². The second-order valence-corrected chi connectivity index (χ2v) is 7.14. The number of carbonyl (C=O) groups excluding carboxylic acids is 2. The fourth-order valence-electron chi connectivity index (χ4n) is 2.63. The van der Waals surface area contributed by atoms with Gasteiger partial charge in [0.25, 0.3) is 11.8 Å². The first-order valence-corrected chi connectivity index (χ1v) is 9.39. The van der Waals surface area contributed by atoms with Gasteiger partial charge in [0.15, 0.2) is 0 Å². The molecule has 3 aromatic rings. The van der Waals surface area contributed by atoms with Crippen LogP contribution < -0.4 is 10.6 Å². The number of nitrogens with one attached hydrogen (secondary N) is 2. The van der Waals surface area contributed by atoms with Gasteiger partial charge in [-0.15, -0.1) is 0 Å². The number of benzene rings is 3. The highest BCUT2D eigenvalue weighted by Crippen LogP contribution is 2.23. The van der Waals surface area contributed by atoms with Crippen molar-refractivity contribution in [3.8, 4) is 0 Å². The molecule has 0 saturated heterocycles. The van der Waals surface area contributed by atoms with Crippen molar-refractivity contribution >= 4 is 40.7 Å². The quantitative estimate of drug-likeness (QED) is 0.582. The fourth-order valence-corrected chi connectivity index (χ4v) is 3.01. The molecule has 3 rings (SSSR count). The van der Waals surface area contributed by atoms with Crippen LogP contribution in [0.4, 0.5) is 5.69 Å². The van der Waals surface area contributed by atoms with Crippen molar-refractivity contribution in [3.63, 3.8) is 0 Å². The number of aryl methyl sites for hydroxylation is 1. The molecular formula is C22H18Cl2N2O2. The van der Waals surface area contributed by atoms with E-state index >= 15 is 0 Å². The largest absolute Gasteiger partial charge is 0.348 e. The molecule has 0 saturated carbocycles. The summed E-state index contributed by atoms with van der Waals surface area (Å²) in [4.78, 5) is 25.2. The minimum atomic E-state index is -0.439. The highest BCUT2D eigenvalue weighted by atomic mass is 35.5. The van der Waals surface area contributed by atoms with Gasteiger partial charge >= 0.3 is 0 Å². The maximum atomic E-state index is 12.6. The molecule has 0 fully saturated rings. The second-order valence-electron chi connectivity index (χ2n) is 6.29. The number of anilines is 1. The molecule has 4 nitrogen and oxygen atoms in total. The highest BCUT2D eigenvalue weighted by molar-refractivity contribution is 6.36. The first-order chi connectivity index (χ1) is 13.4. The summed E-state index contributed by atoms with van der Waals surface area (Å²) >= 11 is 12.0. The molecule has 3 aromatic carbocycles. The van der Waals surface area contributed by atoms with Crippen LogP contribution in [-0.2, 0) is 6.54 Å². The summed E-state index contributed by atoms with van der Waals surface area (Å²) in [5, 5.41) is 6.29. The van der Waals surface area contributed by atoms with Crippen molar-refractivity contribution in [1.82, 2.24) is 5.32 Å². The highest BCUT2D eigenvalue weighted by Gasteiger charge is 2.16. The Morgan fingerprint density at radius 1 is 0.857 bits per heavy atom. The zero-order valence-electron chi connectivity index (χ0n) is 15.1. The van der Waals surface area contributed by atoms with E-state index in [2.05, 4.69) is 10.6 Å². The number of hydrogen-bond donors (Lipinski definition) is 2. The summed E-state index contributed by atoms with van der Waals surface area (Å²) in [5.41, 5.74) is 3.14. The van der Waals surface area contributed by atoms with Crippen molar-refractivity contribution in [3.05, 3.63) is 99.0 Å². The van der Waals surface area contributed by atoms with Crippen molar-refractivity contribution in [2.75, 3.05) is 5.32 Å². The molecule has 6 heteroatoms. The molecular weight excluding hydrogens is 395 g/mol. The average molecular weight is 413 g/mol. The molecule has 2 N–H and O–H groups in total. The van der Waals surface area contributed by atoms with Crippen LogP contribution in [-0.4, -0.2) is 11.8 Å². The first kappa shape index (κ1) is 19.9. The van der Waals surface area contributed by atoms with Crippen LogP contribution in [0.5, 0.6) is 0 Å². The summed E-state index contributed by atoms with van der Waals surface area (Å²) in [6.45, 7) is 2.40. The van der Waals surface area contributed by atoms with E-state index in [0.717, 1.165) is 11.1 Å². The van der Waals surface area contributed by atoms with Gasteiger partial charge < -0.3 is 10.6 Å². The van der Waals surface area contributed by atoms with Crippen molar-refractivity contribution in [1.29, 1.82) is 0 Å². The maximum absolute atomic E-state index is 12.6. The van der Waals surface area contributed by atoms with Crippen LogP contribution in [0.3, 0.4) is 0 Å². The topological polar surface area (TPSA) is 58.2 Å². The van der Waals surface area contributed by atoms with Gasteiger partial charge in [0, 0.05) is 11.6 Å². The molecule has 2 amide bonds. The normalized spacial score (nSPS) is 10.4. The van der Waals surface area contributed by atoms with E-state index in [1.165, 1.54) is 6.07 Å². The predicted molar refractivity (Wildman–Crippen MR) is 113 cm³/mol. The van der Waals surface area contributed by atoms with Crippen molar-refractivity contribution in [2.24, 2.45) is 0 Å². The Kier molecular flexibility index (Phi) is 6.34. The molecule has 0 heterocycles. The summed E-state index contributed by atoms with van der Waals surface area (Å²) in [6.07, 6.45) is 0. The van der Waals surface area contributed by atoms with Crippen molar-refractivity contribution in [2.45, 2.75) is 13.5 Å². The Bertz CT molecular complexity index is 1020. The smallest absolute Gasteiger partial charge is 0.257 e. The molecule has 0 atom stereocenters. The second kappa shape index (κ2) is 8.91. The summed E-state index contributed by atoms with van der Waals surface area (Å²) in [5.74, 6) is -0.722. The Morgan fingerprint density at radius 3 is 2.32 bits per heavy atom. The predicted octanol–water partition coefficient (Wildman–Crippen LogP) is 5.48. The summed E-state index contributed by atoms with van der Waals surface area (Å²) in [7, 11) is 0. The minimum Gasteiger partial charge on any atom is -0.348 e. The van der Waals surface area contributed by atoms with Gasteiger partial charge in [0.05, 0.1) is 21.8 Å². The lowest BCUT2D eigenvalue weighted by Gasteiger charge is -2.12. The molecule has 0 radical (unpaired) electrons. The van der Waals surface area contributed by atoms with E-state index in [1.54, 1.807) is 36.4 Å². The molecule has 0 spiro atoms. The number of rotatable bonds is 5. The molecule has 0 bridgehead atoms. The first-order valence-electron chi connectivity index (χ1n) is 8.63. The number of amides is 2. The zero-order chi connectivity index (χ0) is 20.1. The van der Waals surface area contributed by atoms with Gasteiger partial charge in [-0.05, 0) is 42.8 Å². The summed E-state index contributed by atoms with van der Waals surface area (Å²) in [6, 6.07) is 19.3. The lowest BCUT2D eigenvalue weighted by molar-refractivity contribution is 0.0952. The van der Waals surface area contributed by atoms with E-state index in [0.29, 0.717) is 22.8 Å². The lowest BCUT2D eigenvalue weighted by Crippen LogP contribution is -2.25. The van der Waals surface area contributed by atoms with Crippen LogP contribution in [0.25, 0.3) is 0 Å². The van der Waals surface area contributed by atoms with Crippen LogP contribution in [0, 0.1) is 6.92 Å². The van der Waals surface area contributed by atoms with E-state index < -0.39 is 5.91 Å².